The van der Waals surface area contributed by atoms with Gasteiger partial charge >= 0.3 is 6.03 Å². The zero-order chi connectivity index (χ0) is 20.2. The first kappa shape index (κ1) is 19.7. The molecule has 6 nitrogen and oxygen atoms in total. The number of rotatable bonds is 6. The molecule has 1 aliphatic carbocycles. The Morgan fingerprint density at radius 2 is 1.86 bits per heavy atom. The van der Waals surface area contributed by atoms with Crippen molar-refractivity contribution in [3.05, 3.63) is 59.1 Å². The van der Waals surface area contributed by atoms with Crippen LogP contribution in [0, 0.1) is 5.92 Å². The van der Waals surface area contributed by atoms with Gasteiger partial charge in [0.1, 0.15) is 0 Å². The maximum Gasteiger partial charge on any atom is 0.322 e. The molecule has 4 rings (SSSR count). The Hall–Kier alpha value is -2.57. The molecule has 0 radical (unpaired) electrons. The first-order valence-corrected chi connectivity index (χ1v) is 10.3. The van der Waals surface area contributed by atoms with Crippen LogP contribution in [0.15, 0.2) is 48.5 Å². The van der Waals surface area contributed by atoms with E-state index in [2.05, 4.69) is 10.6 Å². The number of nitrogens with one attached hydrogen (secondary N) is 2. The van der Waals surface area contributed by atoms with Crippen molar-refractivity contribution < 1.29 is 14.3 Å². The fourth-order valence-electron chi connectivity index (χ4n) is 3.46. The van der Waals surface area contributed by atoms with Crippen molar-refractivity contribution in [1.29, 1.82) is 0 Å². The van der Waals surface area contributed by atoms with Crippen LogP contribution in [-0.2, 0) is 4.74 Å². The molecule has 1 heterocycles. The van der Waals surface area contributed by atoms with E-state index in [-0.39, 0.29) is 18.0 Å². The predicted molar refractivity (Wildman–Crippen MR) is 114 cm³/mol. The highest BCUT2D eigenvalue weighted by atomic mass is 35.5. The smallest absolute Gasteiger partial charge is 0.322 e. The fraction of sp³-hybridized carbons (Fsp3) is 0.364. The quantitative estimate of drug-likeness (QED) is 0.725. The van der Waals surface area contributed by atoms with Crippen LogP contribution in [0.5, 0.6) is 0 Å². The number of amides is 3. The van der Waals surface area contributed by atoms with Crippen LogP contribution in [0.25, 0.3) is 0 Å². The topological polar surface area (TPSA) is 70.7 Å². The third kappa shape index (κ3) is 5.08. The van der Waals surface area contributed by atoms with Gasteiger partial charge in [0.25, 0.3) is 5.91 Å². The predicted octanol–water partition coefficient (Wildman–Crippen LogP) is 4.63. The third-order valence-electron chi connectivity index (χ3n) is 5.23. The largest absolute Gasteiger partial charge is 0.381 e. The molecule has 2 aromatic carbocycles. The zero-order valence-electron chi connectivity index (χ0n) is 16.1. The molecule has 1 atom stereocenters. The summed E-state index contributed by atoms with van der Waals surface area (Å²) in [6, 6.07) is 14.2. The van der Waals surface area contributed by atoms with Crippen LogP contribution in [0.2, 0.25) is 5.02 Å². The average molecular weight is 414 g/mol. The minimum absolute atomic E-state index is 0.179. The molecule has 2 fully saturated rings. The van der Waals surface area contributed by atoms with Gasteiger partial charge in [0.2, 0.25) is 0 Å². The van der Waals surface area contributed by atoms with Gasteiger partial charge in [-0.05, 0) is 49.6 Å². The molecular formula is C22H24ClN3O3. The van der Waals surface area contributed by atoms with E-state index < -0.39 is 0 Å². The summed E-state index contributed by atoms with van der Waals surface area (Å²) in [5.74, 6) is 0.116. The third-order valence-corrected chi connectivity index (χ3v) is 5.56. The zero-order valence-corrected chi connectivity index (χ0v) is 16.8. The molecule has 2 aliphatic rings. The Bertz CT molecular complexity index is 880. The molecule has 152 valence electrons. The number of carbonyl (C=O) groups excluding carboxylic acids is 2. The molecule has 1 unspecified atom stereocenters. The highest BCUT2D eigenvalue weighted by Gasteiger charge is 2.35. The first-order valence-electron chi connectivity index (χ1n) is 9.91. The number of urea groups is 1. The maximum absolute atomic E-state index is 12.9. The monoisotopic (exact) mass is 413 g/mol. The van der Waals surface area contributed by atoms with Crippen molar-refractivity contribution in [2.45, 2.75) is 25.3 Å². The van der Waals surface area contributed by atoms with E-state index in [1.165, 1.54) is 0 Å². The summed E-state index contributed by atoms with van der Waals surface area (Å²) in [5.41, 5.74) is 1.57. The Labute approximate surface area is 175 Å². The van der Waals surface area contributed by atoms with Crippen molar-refractivity contribution >= 4 is 34.9 Å². The molecular weight excluding hydrogens is 390 g/mol. The average Bonchev–Trinajstić information content (AvgIpc) is 3.43. The van der Waals surface area contributed by atoms with Crippen molar-refractivity contribution in [2.75, 3.05) is 30.4 Å². The Balaban J connectivity index is 1.45. The first-order chi connectivity index (χ1) is 14.1. The summed E-state index contributed by atoms with van der Waals surface area (Å²) >= 11 is 6.29. The summed E-state index contributed by atoms with van der Waals surface area (Å²) in [7, 11) is 0. The van der Waals surface area contributed by atoms with Gasteiger partial charge in [-0.25, -0.2) is 4.79 Å². The standard InChI is InChI=1S/C22H24ClN3O3/c23-19-9-6-16(21(27)24-17-4-2-1-3-5-17)12-20(19)25-22(28)26(18-7-8-18)13-15-10-11-29-14-15/h1-6,9,12,15,18H,7-8,10-11,13-14H2,(H,24,27)(H,25,28). The van der Waals surface area contributed by atoms with Gasteiger partial charge in [-0.15, -0.1) is 0 Å². The molecule has 0 aromatic heterocycles. The van der Waals surface area contributed by atoms with Crippen LogP contribution in [0.3, 0.4) is 0 Å². The fourth-order valence-corrected chi connectivity index (χ4v) is 3.63. The van der Waals surface area contributed by atoms with Gasteiger partial charge in [0, 0.05) is 36.4 Å². The summed E-state index contributed by atoms with van der Waals surface area (Å²) < 4.78 is 5.44. The van der Waals surface area contributed by atoms with Crippen molar-refractivity contribution in [1.82, 2.24) is 4.90 Å². The maximum atomic E-state index is 12.9. The molecule has 29 heavy (non-hydrogen) atoms. The molecule has 0 bridgehead atoms. The Kier molecular flexibility index (Phi) is 6.02. The van der Waals surface area contributed by atoms with Crippen LogP contribution >= 0.6 is 11.6 Å². The lowest BCUT2D eigenvalue weighted by Gasteiger charge is -2.25. The molecule has 1 saturated heterocycles. The van der Waals surface area contributed by atoms with Gasteiger partial charge in [-0.2, -0.15) is 0 Å². The Morgan fingerprint density at radius 1 is 1.07 bits per heavy atom. The number of benzene rings is 2. The number of carbonyl (C=O) groups is 2. The summed E-state index contributed by atoms with van der Waals surface area (Å²) in [4.78, 5) is 27.4. The van der Waals surface area contributed by atoms with E-state index in [9.17, 15) is 9.59 Å². The number of para-hydroxylation sites is 1. The summed E-state index contributed by atoms with van der Waals surface area (Å²) in [5, 5.41) is 6.14. The van der Waals surface area contributed by atoms with E-state index in [1.54, 1.807) is 18.2 Å². The molecule has 1 aliphatic heterocycles. The second-order valence-corrected chi connectivity index (χ2v) is 7.97. The van der Waals surface area contributed by atoms with Gasteiger partial charge in [-0.3, -0.25) is 4.79 Å². The highest BCUT2D eigenvalue weighted by molar-refractivity contribution is 6.34. The van der Waals surface area contributed by atoms with Gasteiger partial charge in [0.15, 0.2) is 0 Å². The molecule has 0 spiro atoms. The number of halogens is 1. The normalized spacial score (nSPS) is 18.3. The molecule has 2 N–H and O–H groups in total. The number of nitrogens with zero attached hydrogens (tertiary/aromatic N) is 1. The van der Waals surface area contributed by atoms with Gasteiger partial charge in [0.05, 0.1) is 17.3 Å². The minimum atomic E-state index is -0.259. The number of ether oxygens (including phenoxy) is 1. The molecule has 1 saturated carbocycles. The van der Waals surface area contributed by atoms with Crippen LogP contribution in [0.1, 0.15) is 29.6 Å². The van der Waals surface area contributed by atoms with E-state index in [4.69, 9.17) is 16.3 Å². The SMILES string of the molecule is O=C(Nc1ccccc1)c1ccc(Cl)c(NC(=O)N(CC2CCOC2)C2CC2)c1. The number of anilines is 2. The molecule has 7 heteroatoms. The van der Waals surface area contributed by atoms with Crippen LogP contribution in [0.4, 0.5) is 16.2 Å². The molecule has 3 amide bonds. The lowest BCUT2D eigenvalue weighted by molar-refractivity contribution is 0.102. The number of hydrogen-bond acceptors (Lipinski definition) is 3. The van der Waals surface area contributed by atoms with Crippen LogP contribution in [-0.4, -0.2) is 42.6 Å². The van der Waals surface area contributed by atoms with Crippen molar-refractivity contribution in [3.63, 3.8) is 0 Å². The second kappa shape index (κ2) is 8.84. The second-order valence-electron chi connectivity index (χ2n) is 7.56. The van der Waals surface area contributed by atoms with E-state index in [0.717, 1.165) is 25.9 Å². The summed E-state index contributed by atoms with van der Waals surface area (Å²) in [6.07, 6.45) is 3.02. The van der Waals surface area contributed by atoms with Crippen molar-refractivity contribution in [3.8, 4) is 0 Å². The van der Waals surface area contributed by atoms with E-state index in [0.29, 0.717) is 41.0 Å². The van der Waals surface area contributed by atoms with Gasteiger partial charge in [-0.1, -0.05) is 29.8 Å². The highest BCUT2D eigenvalue weighted by Crippen LogP contribution is 2.31. The lowest BCUT2D eigenvalue weighted by atomic mass is 10.1. The van der Waals surface area contributed by atoms with Crippen molar-refractivity contribution in [2.24, 2.45) is 5.92 Å². The van der Waals surface area contributed by atoms with E-state index in [1.807, 2.05) is 35.2 Å². The molecule has 2 aromatic rings. The summed E-state index contributed by atoms with van der Waals surface area (Å²) in [6.45, 7) is 2.14. The Morgan fingerprint density at radius 3 is 2.55 bits per heavy atom. The minimum Gasteiger partial charge on any atom is -0.381 e. The number of hydrogen-bond donors (Lipinski definition) is 2. The lowest BCUT2D eigenvalue weighted by Crippen LogP contribution is -2.40. The van der Waals surface area contributed by atoms with E-state index >= 15 is 0 Å². The van der Waals surface area contributed by atoms with Crippen LogP contribution < -0.4 is 10.6 Å². The van der Waals surface area contributed by atoms with Gasteiger partial charge < -0.3 is 20.3 Å².